The van der Waals surface area contributed by atoms with Crippen molar-refractivity contribution >= 4 is 15.9 Å². The Kier molecular flexibility index (Phi) is 4.87. The molecule has 0 amide bonds. The van der Waals surface area contributed by atoms with Crippen molar-refractivity contribution in [3.63, 3.8) is 0 Å². The minimum Gasteiger partial charge on any atom is -0.328 e. The van der Waals surface area contributed by atoms with Crippen LogP contribution in [0.3, 0.4) is 0 Å². The molecule has 0 spiro atoms. The van der Waals surface area contributed by atoms with E-state index >= 15 is 0 Å². The maximum atomic E-state index is 13.6. The van der Waals surface area contributed by atoms with Gasteiger partial charge in [0, 0.05) is 11.6 Å². The lowest BCUT2D eigenvalue weighted by molar-refractivity contribution is 0.453. The summed E-state index contributed by atoms with van der Waals surface area (Å²) >= 11 is 3.05. The van der Waals surface area contributed by atoms with Gasteiger partial charge in [-0.15, -0.1) is 0 Å². The zero-order valence-corrected chi connectivity index (χ0v) is 11.0. The number of rotatable bonds is 4. The average molecular weight is 292 g/mol. The summed E-state index contributed by atoms with van der Waals surface area (Å²) in [6.45, 7) is 3.84. The molecular weight excluding hydrogens is 276 g/mol. The van der Waals surface area contributed by atoms with E-state index in [2.05, 4.69) is 15.9 Å². The lowest BCUT2D eigenvalue weighted by Gasteiger charge is -2.15. The van der Waals surface area contributed by atoms with Crippen molar-refractivity contribution < 1.29 is 8.78 Å². The van der Waals surface area contributed by atoms with Gasteiger partial charge in [-0.25, -0.2) is 8.78 Å². The van der Waals surface area contributed by atoms with Gasteiger partial charge < -0.3 is 5.73 Å². The molecule has 1 rings (SSSR count). The molecule has 16 heavy (non-hydrogen) atoms. The summed E-state index contributed by atoms with van der Waals surface area (Å²) in [5.74, 6) is -0.827. The molecule has 90 valence electrons. The third kappa shape index (κ3) is 3.52. The Morgan fingerprint density at radius 2 is 1.94 bits per heavy atom. The van der Waals surface area contributed by atoms with Crippen LogP contribution >= 0.6 is 15.9 Å². The molecule has 0 saturated carbocycles. The summed E-state index contributed by atoms with van der Waals surface area (Å²) in [6.07, 6.45) is 1.13. The first-order valence-corrected chi connectivity index (χ1v) is 6.09. The van der Waals surface area contributed by atoms with Gasteiger partial charge in [0.2, 0.25) is 0 Å². The highest BCUT2D eigenvalue weighted by Gasteiger charge is 2.15. The SMILES string of the molecule is CC(N)CC(C)Cc1c(F)ccc(Br)c1F. The zero-order valence-electron chi connectivity index (χ0n) is 9.43. The van der Waals surface area contributed by atoms with Crippen LogP contribution in [0.25, 0.3) is 0 Å². The third-order valence-corrected chi connectivity index (χ3v) is 3.08. The number of hydrogen-bond donors (Lipinski definition) is 1. The van der Waals surface area contributed by atoms with Crippen LogP contribution in [0.1, 0.15) is 25.8 Å². The fourth-order valence-corrected chi connectivity index (χ4v) is 2.19. The molecule has 2 N–H and O–H groups in total. The summed E-state index contributed by atoms with van der Waals surface area (Å²) in [7, 11) is 0. The first-order chi connectivity index (χ1) is 7.41. The summed E-state index contributed by atoms with van der Waals surface area (Å²) in [4.78, 5) is 0. The molecule has 4 heteroatoms. The number of benzene rings is 1. The lowest BCUT2D eigenvalue weighted by Crippen LogP contribution is -2.19. The lowest BCUT2D eigenvalue weighted by atomic mass is 9.95. The second-order valence-electron chi connectivity index (χ2n) is 4.34. The van der Waals surface area contributed by atoms with E-state index < -0.39 is 11.6 Å². The Morgan fingerprint density at radius 1 is 1.31 bits per heavy atom. The first kappa shape index (κ1) is 13.6. The van der Waals surface area contributed by atoms with Crippen molar-refractivity contribution in [2.45, 2.75) is 32.7 Å². The van der Waals surface area contributed by atoms with Crippen molar-refractivity contribution in [3.8, 4) is 0 Å². The minimum atomic E-state index is -0.503. The van der Waals surface area contributed by atoms with E-state index in [9.17, 15) is 8.78 Å². The van der Waals surface area contributed by atoms with Crippen LogP contribution in [0.2, 0.25) is 0 Å². The van der Waals surface area contributed by atoms with E-state index in [4.69, 9.17) is 5.73 Å². The smallest absolute Gasteiger partial charge is 0.143 e. The number of halogens is 3. The molecule has 0 aliphatic heterocycles. The van der Waals surface area contributed by atoms with Crippen LogP contribution < -0.4 is 5.73 Å². The molecule has 0 aliphatic rings. The monoisotopic (exact) mass is 291 g/mol. The van der Waals surface area contributed by atoms with Gasteiger partial charge in [-0.3, -0.25) is 0 Å². The van der Waals surface area contributed by atoms with Crippen molar-refractivity contribution in [2.75, 3.05) is 0 Å². The third-order valence-electron chi connectivity index (χ3n) is 2.47. The molecular formula is C12H16BrF2N. The number of nitrogens with two attached hydrogens (primary N) is 1. The van der Waals surface area contributed by atoms with Gasteiger partial charge in [0.1, 0.15) is 11.6 Å². The minimum absolute atomic E-state index is 0.0493. The molecule has 1 aromatic rings. The molecule has 0 saturated heterocycles. The molecule has 0 radical (unpaired) electrons. The standard InChI is InChI=1S/C12H16BrF2N/c1-7(5-8(2)16)6-9-11(14)4-3-10(13)12(9)15/h3-4,7-8H,5-6,16H2,1-2H3. The maximum absolute atomic E-state index is 13.6. The molecule has 1 aromatic carbocycles. The van der Waals surface area contributed by atoms with E-state index in [1.165, 1.54) is 12.1 Å². The molecule has 1 nitrogen and oxygen atoms in total. The Bertz CT molecular complexity index is 366. The Hall–Kier alpha value is -0.480. The molecule has 2 unspecified atom stereocenters. The van der Waals surface area contributed by atoms with Crippen LogP contribution in [-0.4, -0.2) is 6.04 Å². The summed E-state index contributed by atoms with van der Waals surface area (Å²) in [5.41, 5.74) is 5.80. The summed E-state index contributed by atoms with van der Waals surface area (Å²) in [5, 5.41) is 0. The van der Waals surface area contributed by atoms with Gasteiger partial charge in [-0.1, -0.05) is 6.92 Å². The van der Waals surface area contributed by atoms with Gasteiger partial charge in [0.05, 0.1) is 4.47 Å². The average Bonchev–Trinajstić information content (AvgIpc) is 2.17. The van der Waals surface area contributed by atoms with Crippen molar-refractivity contribution in [1.82, 2.24) is 0 Å². The quantitative estimate of drug-likeness (QED) is 0.842. The van der Waals surface area contributed by atoms with E-state index in [0.29, 0.717) is 10.9 Å². The van der Waals surface area contributed by atoms with E-state index in [0.717, 1.165) is 6.42 Å². The highest BCUT2D eigenvalue weighted by Crippen LogP contribution is 2.24. The Balaban J connectivity index is 2.84. The Morgan fingerprint density at radius 3 is 2.50 bits per heavy atom. The van der Waals surface area contributed by atoms with Crippen molar-refractivity contribution in [2.24, 2.45) is 11.7 Å². The fourth-order valence-electron chi connectivity index (χ4n) is 1.82. The normalized spacial score (nSPS) is 14.9. The molecule has 2 atom stereocenters. The second kappa shape index (κ2) is 5.73. The topological polar surface area (TPSA) is 26.0 Å². The van der Waals surface area contributed by atoms with E-state index in [1.807, 2.05) is 13.8 Å². The summed E-state index contributed by atoms with van der Waals surface area (Å²) in [6, 6.07) is 2.71. The second-order valence-corrected chi connectivity index (χ2v) is 5.20. The molecule has 0 bridgehead atoms. The zero-order chi connectivity index (χ0) is 12.3. The van der Waals surface area contributed by atoms with Crippen LogP contribution in [0.4, 0.5) is 8.78 Å². The van der Waals surface area contributed by atoms with Gasteiger partial charge in [0.25, 0.3) is 0 Å². The summed E-state index contributed by atoms with van der Waals surface area (Å²) < 4.78 is 27.4. The fraction of sp³-hybridized carbons (Fsp3) is 0.500. The van der Waals surface area contributed by atoms with Crippen LogP contribution in [0.15, 0.2) is 16.6 Å². The van der Waals surface area contributed by atoms with E-state index in [-0.39, 0.29) is 17.5 Å². The van der Waals surface area contributed by atoms with E-state index in [1.54, 1.807) is 0 Å². The molecule has 0 aliphatic carbocycles. The molecule has 0 fully saturated rings. The van der Waals surface area contributed by atoms with Gasteiger partial charge in [-0.05, 0) is 53.7 Å². The van der Waals surface area contributed by atoms with Crippen LogP contribution in [0.5, 0.6) is 0 Å². The highest BCUT2D eigenvalue weighted by atomic mass is 79.9. The van der Waals surface area contributed by atoms with Crippen molar-refractivity contribution in [1.29, 1.82) is 0 Å². The van der Waals surface area contributed by atoms with Crippen molar-refractivity contribution in [3.05, 3.63) is 33.8 Å². The predicted octanol–water partition coefficient (Wildman–Crippen LogP) is 3.64. The van der Waals surface area contributed by atoms with Crippen LogP contribution in [-0.2, 0) is 6.42 Å². The number of hydrogen-bond acceptors (Lipinski definition) is 1. The van der Waals surface area contributed by atoms with Gasteiger partial charge >= 0.3 is 0 Å². The predicted molar refractivity (Wildman–Crippen MR) is 65.2 cm³/mol. The van der Waals surface area contributed by atoms with Crippen LogP contribution in [0, 0.1) is 17.6 Å². The van der Waals surface area contributed by atoms with Gasteiger partial charge in [0.15, 0.2) is 0 Å². The molecule has 0 heterocycles. The maximum Gasteiger partial charge on any atom is 0.143 e. The highest BCUT2D eigenvalue weighted by molar-refractivity contribution is 9.10. The van der Waals surface area contributed by atoms with Gasteiger partial charge in [-0.2, -0.15) is 0 Å². The first-order valence-electron chi connectivity index (χ1n) is 5.29. The largest absolute Gasteiger partial charge is 0.328 e. The molecule has 0 aromatic heterocycles. The Labute approximate surface area is 103 Å².